The maximum absolute atomic E-state index is 4.41. The van der Waals surface area contributed by atoms with Crippen LogP contribution in [0.2, 0.25) is 0 Å². The second-order valence-corrected chi connectivity index (χ2v) is 5.67. The van der Waals surface area contributed by atoms with Crippen LogP contribution >= 0.6 is 27.3 Å². The Hall–Kier alpha value is -0.710. The summed E-state index contributed by atoms with van der Waals surface area (Å²) in [6.07, 6.45) is 1.85. The Morgan fingerprint density at radius 2 is 2.29 bits per heavy atom. The highest BCUT2D eigenvalue weighted by Crippen LogP contribution is 2.30. The van der Waals surface area contributed by atoms with E-state index in [9.17, 15) is 0 Å². The summed E-state index contributed by atoms with van der Waals surface area (Å²) in [5.41, 5.74) is 2.50. The first-order valence-corrected chi connectivity index (χ1v) is 7.28. The van der Waals surface area contributed by atoms with Crippen molar-refractivity contribution >= 4 is 27.3 Å². The highest BCUT2D eigenvalue weighted by Gasteiger charge is 2.17. The lowest BCUT2D eigenvalue weighted by Crippen LogP contribution is -2.22. The molecule has 0 fully saturated rings. The van der Waals surface area contributed by atoms with E-state index in [1.54, 1.807) is 11.3 Å². The van der Waals surface area contributed by atoms with Gasteiger partial charge in [0, 0.05) is 16.0 Å². The van der Waals surface area contributed by atoms with Gasteiger partial charge in [0.05, 0.1) is 6.04 Å². The molecule has 0 radical (unpaired) electrons. The Labute approximate surface area is 114 Å². The minimum Gasteiger partial charge on any atom is -0.305 e. The van der Waals surface area contributed by atoms with Crippen molar-refractivity contribution in [2.24, 2.45) is 0 Å². The van der Waals surface area contributed by atoms with Gasteiger partial charge in [-0.3, -0.25) is 0 Å². The summed E-state index contributed by atoms with van der Waals surface area (Å²) in [5.74, 6) is 0. The zero-order valence-corrected chi connectivity index (χ0v) is 12.3. The maximum atomic E-state index is 4.41. The number of hydrogen-bond donors (Lipinski definition) is 1. The molecule has 2 nitrogen and oxygen atoms in total. The van der Waals surface area contributed by atoms with Crippen molar-refractivity contribution in [2.75, 3.05) is 6.54 Å². The lowest BCUT2D eigenvalue weighted by Gasteiger charge is -2.17. The van der Waals surface area contributed by atoms with Crippen molar-refractivity contribution in [1.29, 1.82) is 0 Å². The molecule has 0 saturated carbocycles. The van der Waals surface area contributed by atoms with Gasteiger partial charge in [-0.1, -0.05) is 35.0 Å². The fraction of sp³-hybridized carbons (Fsp3) is 0.308. The number of halogens is 1. The van der Waals surface area contributed by atoms with Gasteiger partial charge < -0.3 is 5.32 Å². The zero-order valence-electron chi connectivity index (χ0n) is 9.90. The predicted molar refractivity (Wildman–Crippen MR) is 76.5 cm³/mol. The van der Waals surface area contributed by atoms with Crippen molar-refractivity contribution in [3.8, 4) is 0 Å². The molecule has 1 aromatic carbocycles. The monoisotopic (exact) mass is 310 g/mol. The lowest BCUT2D eigenvalue weighted by molar-refractivity contribution is 0.625. The van der Waals surface area contributed by atoms with Crippen molar-refractivity contribution < 1.29 is 0 Å². The van der Waals surface area contributed by atoms with Crippen LogP contribution in [0.1, 0.15) is 29.1 Å². The number of thiazole rings is 1. The number of nitrogens with one attached hydrogen (secondary N) is 1. The van der Waals surface area contributed by atoms with Crippen LogP contribution in [0.3, 0.4) is 0 Å². The molecule has 2 aromatic rings. The molecule has 1 unspecified atom stereocenters. The molecular weight excluding hydrogens is 296 g/mol. The van der Waals surface area contributed by atoms with Gasteiger partial charge in [-0.05, 0) is 30.7 Å². The second-order valence-electron chi connectivity index (χ2n) is 3.89. The van der Waals surface area contributed by atoms with E-state index in [-0.39, 0.29) is 6.04 Å². The van der Waals surface area contributed by atoms with Crippen molar-refractivity contribution in [1.82, 2.24) is 10.3 Å². The Bertz CT molecular complexity index is 482. The molecule has 90 valence electrons. The van der Waals surface area contributed by atoms with E-state index in [2.05, 4.69) is 58.3 Å². The van der Waals surface area contributed by atoms with Crippen LogP contribution in [0.5, 0.6) is 0 Å². The van der Waals surface area contributed by atoms with Crippen LogP contribution in [-0.2, 0) is 0 Å². The van der Waals surface area contributed by atoms with Gasteiger partial charge in [0.15, 0.2) is 0 Å². The molecule has 1 heterocycles. The topological polar surface area (TPSA) is 24.9 Å². The van der Waals surface area contributed by atoms with E-state index in [1.807, 2.05) is 11.6 Å². The molecule has 0 aliphatic carbocycles. The molecule has 0 amide bonds. The van der Waals surface area contributed by atoms with Gasteiger partial charge in [0.2, 0.25) is 0 Å². The number of aromatic nitrogens is 1. The molecule has 1 N–H and O–H groups in total. The summed E-state index contributed by atoms with van der Waals surface area (Å²) in [6.45, 7) is 5.13. The minimum atomic E-state index is 0.176. The van der Waals surface area contributed by atoms with E-state index >= 15 is 0 Å². The molecule has 0 bridgehead atoms. The summed E-state index contributed by atoms with van der Waals surface area (Å²) >= 11 is 5.32. The third-order valence-electron chi connectivity index (χ3n) is 2.57. The molecule has 0 aliphatic rings. The molecule has 17 heavy (non-hydrogen) atoms. The third-order valence-corrected chi connectivity index (χ3v) is 4.10. The van der Waals surface area contributed by atoms with Crippen LogP contribution in [0, 0.1) is 6.92 Å². The molecule has 0 saturated heterocycles. The van der Waals surface area contributed by atoms with Crippen LogP contribution in [0.15, 0.2) is 34.2 Å². The first-order chi connectivity index (χ1) is 8.22. The smallest absolute Gasteiger partial charge is 0.114 e. The molecule has 0 spiro atoms. The standard InChI is InChI=1S/C13H15BrN2S/c1-3-15-12(13-16-6-7-17-13)10-5-4-9(2)8-11(10)14/h4-8,12,15H,3H2,1-2H3. The highest BCUT2D eigenvalue weighted by atomic mass is 79.9. The molecule has 2 rings (SSSR count). The number of rotatable bonds is 4. The van der Waals surface area contributed by atoms with Gasteiger partial charge in [-0.25, -0.2) is 4.98 Å². The van der Waals surface area contributed by atoms with Crippen molar-refractivity contribution in [2.45, 2.75) is 19.9 Å². The fourth-order valence-electron chi connectivity index (χ4n) is 1.78. The highest BCUT2D eigenvalue weighted by molar-refractivity contribution is 9.10. The number of benzene rings is 1. The maximum Gasteiger partial charge on any atom is 0.114 e. The van der Waals surface area contributed by atoms with Crippen LogP contribution in [0.4, 0.5) is 0 Å². The fourth-order valence-corrected chi connectivity index (χ4v) is 3.23. The van der Waals surface area contributed by atoms with E-state index in [0.717, 1.165) is 16.0 Å². The molecule has 4 heteroatoms. The second kappa shape index (κ2) is 5.76. The number of hydrogen-bond acceptors (Lipinski definition) is 3. The molecule has 1 atom stereocenters. The molecule has 0 aliphatic heterocycles. The first-order valence-electron chi connectivity index (χ1n) is 5.61. The summed E-state index contributed by atoms with van der Waals surface area (Å²) in [7, 11) is 0. The number of aryl methyl sites for hydroxylation is 1. The Morgan fingerprint density at radius 1 is 1.47 bits per heavy atom. The predicted octanol–water partition coefficient (Wildman–Crippen LogP) is 3.91. The van der Waals surface area contributed by atoms with Crippen LogP contribution < -0.4 is 5.32 Å². The Balaban J connectivity index is 2.39. The quantitative estimate of drug-likeness (QED) is 0.926. The SMILES string of the molecule is CCNC(c1nccs1)c1ccc(C)cc1Br. The summed E-state index contributed by atoms with van der Waals surface area (Å²) < 4.78 is 1.14. The first kappa shape index (κ1) is 12.7. The third kappa shape index (κ3) is 2.94. The van der Waals surface area contributed by atoms with Crippen molar-refractivity contribution in [3.63, 3.8) is 0 Å². The lowest BCUT2D eigenvalue weighted by atomic mass is 10.1. The van der Waals surface area contributed by atoms with Gasteiger partial charge in [-0.15, -0.1) is 11.3 Å². The van der Waals surface area contributed by atoms with Gasteiger partial charge in [0.1, 0.15) is 5.01 Å². The number of nitrogens with zero attached hydrogens (tertiary/aromatic N) is 1. The van der Waals surface area contributed by atoms with Gasteiger partial charge >= 0.3 is 0 Å². The van der Waals surface area contributed by atoms with Crippen LogP contribution in [-0.4, -0.2) is 11.5 Å². The Kier molecular flexibility index (Phi) is 4.31. The summed E-state index contributed by atoms with van der Waals surface area (Å²) in [4.78, 5) is 4.41. The van der Waals surface area contributed by atoms with E-state index in [0.29, 0.717) is 0 Å². The van der Waals surface area contributed by atoms with E-state index in [4.69, 9.17) is 0 Å². The van der Waals surface area contributed by atoms with Crippen LogP contribution in [0.25, 0.3) is 0 Å². The average molecular weight is 311 g/mol. The largest absolute Gasteiger partial charge is 0.305 e. The van der Waals surface area contributed by atoms with E-state index in [1.165, 1.54) is 11.1 Å². The summed E-state index contributed by atoms with van der Waals surface area (Å²) in [5, 5.41) is 6.60. The zero-order chi connectivity index (χ0) is 12.3. The normalized spacial score (nSPS) is 12.6. The Morgan fingerprint density at radius 3 is 2.88 bits per heavy atom. The average Bonchev–Trinajstić information content (AvgIpc) is 2.80. The molecule has 1 aromatic heterocycles. The molecular formula is C13H15BrN2S. The van der Waals surface area contributed by atoms with Gasteiger partial charge in [0.25, 0.3) is 0 Å². The van der Waals surface area contributed by atoms with Crippen molar-refractivity contribution in [3.05, 3.63) is 50.4 Å². The van der Waals surface area contributed by atoms with E-state index < -0.39 is 0 Å². The van der Waals surface area contributed by atoms with Gasteiger partial charge in [-0.2, -0.15) is 0 Å². The minimum absolute atomic E-state index is 0.176. The summed E-state index contributed by atoms with van der Waals surface area (Å²) in [6, 6.07) is 6.62.